The second kappa shape index (κ2) is 29.7. The van der Waals surface area contributed by atoms with Gasteiger partial charge in [-0.25, -0.2) is 9.98 Å². The number of aliphatic imine (C=N–C) groups is 2. The summed E-state index contributed by atoms with van der Waals surface area (Å²) in [5, 5.41) is 0. The van der Waals surface area contributed by atoms with Crippen LogP contribution in [0.5, 0.6) is 0 Å². The fraction of sp³-hybridized carbons (Fsp3) is 0.861. The zero-order valence-corrected chi connectivity index (χ0v) is 63.2. The zero-order valence-electron chi connectivity index (χ0n) is 58.2. The molecule has 11 aliphatic rings. The summed E-state index contributed by atoms with van der Waals surface area (Å²) in [7, 11) is -5.04. The molecule has 0 radical (unpaired) electrons. The van der Waals surface area contributed by atoms with Gasteiger partial charge < -0.3 is 22.8 Å². The third kappa shape index (κ3) is 19.4. The van der Waals surface area contributed by atoms with Gasteiger partial charge >= 0.3 is 0 Å². The van der Waals surface area contributed by atoms with Crippen LogP contribution in [0.3, 0.4) is 0 Å². The van der Waals surface area contributed by atoms with Crippen molar-refractivity contribution in [2.45, 2.75) is 325 Å². The van der Waals surface area contributed by atoms with E-state index in [0.717, 1.165) is 78.7 Å². The number of carbonyl (C=O) groups excluding carboxylic acids is 2. The van der Waals surface area contributed by atoms with Crippen molar-refractivity contribution in [3.05, 3.63) is 36.5 Å². The Morgan fingerprint density at radius 2 is 0.828 bits per heavy atom. The quantitative estimate of drug-likeness (QED) is 0.0913. The van der Waals surface area contributed by atoms with E-state index in [-0.39, 0.29) is 47.9 Å². The molecule has 15 unspecified atom stereocenters. The molecule has 0 aromatic heterocycles. The summed E-state index contributed by atoms with van der Waals surface area (Å²) in [6.07, 6.45) is 50.9. The number of amides is 2. The van der Waals surface area contributed by atoms with Gasteiger partial charge in [0.1, 0.15) is 12.2 Å². The van der Waals surface area contributed by atoms with Crippen LogP contribution in [0.1, 0.15) is 173 Å². The molecule has 9 fully saturated rings. The minimum absolute atomic E-state index is 0.0552. The average molecular weight is 1290 g/mol. The largest absolute Gasteiger partial charge is 0.472 e. The molecule has 1 saturated heterocycles. The highest BCUT2D eigenvalue weighted by molar-refractivity contribution is 6.78. The minimum Gasteiger partial charge on any atom is -0.472 e. The number of imide groups is 1. The Hall–Kier alpha value is -1.74. The van der Waals surface area contributed by atoms with E-state index in [9.17, 15) is 9.59 Å². The van der Waals surface area contributed by atoms with Gasteiger partial charge in [0.2, 0.25) is 23.6 Å². The number of carbonyl (C=O) groups is 2. The average Bonchev–Trinajstić information content (AvgIpc) is 1.59. The first-order valence-corrected chi connectivity index (χ1v) is 53.7. The standard InChI is InChI=1S/C34H62O2Si2.C22H38N2O2Si2.C16H27NO3Si/c1-37(2,3)35-33-13-9-7-11-31(33)25-19-27-15-21-29(22-16-27)30-23-17-28(18-24-30)20-26-32-12-8-10-14-34(32)36-38(4,5)6;1-27(2,3)15-7-9-17-19(13-15)25-21(23-17)11-12-22-24-18-10-8-16(28(4,5)6)14-20(18)26-22;1-17-15(18)11-7-5-6-10-13(20-21(2,3)4)9-8-12(14(10)11)16(17)19/h19-20,25-34H,7-18,21-24H2,1-6H3;11-12,15-20H,7-10,13-14H2,1-6H3;10-14H,5-9H2,1-4H3/b25-19+,26-20+;;. The molecule has 87 heavy (non-hydrogen) atoms. The van der Waals surface area contributed by atoms with Crippen molar-refractivity contribution in [3.63, 3.8) is 0 Å². The normalized spacial score (nSPS) is 38.7. The van der Waals surface area contributed by atoms with Gasteiger partial charge in [0.25, 0.3) is 0 Å². The van der Waals surface area contributed by atoms with Crippen molar-refractivity contribution in [3.8, 4) is 0 Å². The number of hydrogen-bond acceptors (Lipinski definition) is 9. The Labute approximate surface area is 536 Å². The molecule has 15 atom stereocenters. The molecule has 15 heteroatoms. The first-order chi connectivity index (χ1) is 40.9. The van der Waals surface area contributed by atoms with Crippen LogP contribution in [0.15, 0.2) is 46.4 Å². The number of rotatable bonds is 15. The Morgan fingerprint density at radius 1 is 0.425 bits per heavy atom. The van der Waals surface area contributed by atoms with E-state index in [1.165, 1.54) is 146 Å². The number of hydrogen-bond donors (Lipinski definition) is 0. The monoisotopic (exact) mass is 1290 g/mol. The Morgan fingerprint density at radius 3 is 1.24 bits per heavy atom. The van der Waals surface area contributed by atoms with Crippen molar-refractivity contribution >= 4 is 64.7 Å². The molecule has 8 saturated carbocycles. The Balaban J connectivity index is 0.000000163. The van der Waals surface area contributed by atoms with Crippen molar-refractivity contribution in [1.29, 1.82) is 0 Å². The molecule has 492 valence electrons. The van der Waals surface area contributed by atoms with E-state index < -0.39 is 41.1 Å². The molecule has 3 heterocycles. The summed E-state index contributed by atoms with van der Waals surface area (Å²) < 4.78 is 32.0. The highest BCUT2D eigenvalue weighted by Gasteiger charge is 2.55. The SMILES string of the molecule is CN1C(=O)C2CCCC3C(O[Si](C)(C)C)CCC(C1=O)C23.C[Si](C)(C)C1CCC2N=C(C=CC3=NC4CCC([Si](C)(C)C)CC4O3)OC2C1.C[Si](C)(C)OC1CCCCC1/C=C/C1CCC(C2CCC(/C=C/C3CCCCC3O[Si](C)(C)C)CC2)CC1. The molecule has 3 aliphatic heterocycles. The second-order valence-corrected chi connectivity index (χ2v) is 59.5. The van der Waals surface area contributed by atoms with Crippen molar-refractivity contribution < 1.29 is 32.3 Å². The third-order valence-corrected chi connectivity index (χ3v) is 32.0. The molecule has 0 spiro atoms. The number of fused-ring (bicyclic) bond motifs is 2. The third-order valence-electron chi connectivity index (χ3n) is 23.1. The maximum Gasteiger partial charge on any atom is 0.232 e. The second-order valence-electron chi connectivity index (χ2n) is 35.0. The summed E-state index contributed by atoms with van der Waals surface area (Å²) in [4.78, 5) is 36.0. The van der Waals surface area contributed by atoms with E-state index in [2.05, 4.69) is 123 Å². The van der Waals surface area contributed by atoms with Crippen molar-refractivity contribution in [2.24, 2.45) is 69.2 Å². The van der Waals surface area contributed by atoms with E-state index in [0.29, 0.717) is 42.0 Å². The molecule has 2 amide bonds. The van der Waals surface area contributed by atoms with E-state index >= 15 is 0 Å². The van der Waals surface area contributed by atoms with Gasteiger partial charge in [0.05, 0.1) is 24.3 Å². The maximum absolute atomic E-state index is 12.5. The molecule has 0 aromatic carbocycles. The van der Waals surface area contributed by atoms with Gasteiger partial charge in [-0.1, -0.05) is 109 Å². The summed E-state index contributed by atoms with van der Waals surface area (Å²) in [5.41, 5.74) is 1.72. The van der Waals surface area contributed by atoms with Crippen molar-refractivity contribution in [1.82, 2.24) is 4.90 Å². The number of piperidine rings is 1. The maximum atomic E-state index is 12.5. The fourth-order valence-electron chi connectivity index (χ4n) is 18.3. The topological polar surface area (TPSA) is 108 Å². The lowest BCUT2D eigenvalue weighted by Crippen LogP contribution is -2.60. The predicted octanol–water partition coefficient (Wildman–Crippen LogP) is 18.8. The number of nitrogens with zero attached hydrogens (tertiary/aromatic N) is 3. The summed E-state index contributed by atoms with van der Waals surface area (Å²) >= 11 is 0. The number of allylic oxidation sites excluding steroid dienone is 2. The Bertz CT molecular complexity index is 2280. The van der Waals surface area contributed by atoms with Crippen LogP contribution in [0, 0.1) is 59.2 Å². The van der Waals surface area contributed by atoms with Gasteiger partial charge in [-0.3, -0.25) is 14.5 Å². The molecule has 10 nitrogen and oxygen atoms in total. The summed E-state index contributed by atoms with van der Waals surface area (Å²) in [5.74, 6) is 7.42. The van der Waals surface area contributed by atoms with Crippen LogP contribution < -0.4 is 0 Å². The van der Waals surface area contributed by atoms with Crippen LogP contribution in [-0.4, -0.2) is 119 Å². The Kier molecular flexibility index (Phi) is 23.8. The van der Waals surface area contributed by atoms with E-state index in [1.54, 1.807) is 7.05 Å². The van der Waals surface area contributed by atoms with Crippen molar-refractivity contribution in [2.75, 3.05) is 7.05 Å². The molecule has 8 aliphatic carbocycles. The molecular weight excluding hydrogens is 1160 g/mol. The van der Waals surface area contributed by atoms with Gasteiger partial charge in [0, 0.05) is 65.1 Å². The predicted molar refractivity (Wildman–Crippen MR) is 376 cm³/mol. The highest BCUT2D eigenvalue weighted by atomic mass is 28.4. The molecule has 0 bridgehead atoms. The van der Waals surface area contributed by atoms with Crippen LogP contribution >= 0.6 is 0 Å². The van der Waals surface area contributed by atoms with Gasteiger partial charge in [-0.2, -0.15) is 0 Å². The summed E-state index contributed by atoms with van der Waals surface area (Å²) in [6.45, 7) is 35.7. The lowest BCUT2D eigenvalue weighted by atomic mass is 9.57. The number of ether oxygens (including phenoxy) is 2. The van der Waals surface area contributed by atoms with Gasteiger partial charge in [0.15, 0.2) is 25.0 Å². The van der Waals surface area contributed by atoms with Gasteiger partial charge in [-0.05, 0) is 234 Å². The summed E-state index contributed by atoms with van der Waals surface area (Å²) in [6, 6.07) is 0.720. The molecule has 0 aromatic rings. The first-order valence-electron chi connectivity index (χ1n) is 36.3. The van der Waals surface area contributed by atoms with Crippen LogP contribution in [0.2, 0.25) is 109 Å². The molecule has 11 rings (SSSR count). The number of likely N-dealkylation sites (tertiary alicyclic amines) is 1. The fourth-order valence-corrected chi connectivity index (χ4v) is 25.8. The first kappa shape index (κ1) is 69.6. The lowest BCUT2D eigenvalue weighted by Gasteiger charge is -2.53. The molecular formula is C72H127N3O7Si5. The molecule has 0 N–H and O–H groups in total. The highest BCUT2D eigenvalue weighted by Crippen LogP contribution is 2.52. The minimum atomic E-state index is -1.58. The van der Waals surface area contributed by atoms with E-state index in [1.807, 2.05) is 12.2 Å². The lowest BCUT2D eigenvalue weighted by molar-refractivity contribution is -0.168. The van der Waals surface area contributed by atoms with Crippen LogP contribution in [0.4, 0.5) is 0 Å². The smallest absolute Gasteiger partial charge is 0.232 e. The van der Waals surface area contributed by atoms with Crippen LogP contribution in [0.25, 0.3) is 0 Å². The van der Waals surface area contributed by atoms with E-state index in [4.69, 9.17) is 32.7 Å². The van der Waals surface area contributed by atoms with Gasteiger partial charge in [-0.15, -0.1) is 0 Å². The zero-order chi connectivity index (χ0) is 62.6. The van der Waals surface area contributed by atoms with Crippen LogP contribution in [-0.2, 0) is 32.3 Å².